The largest absolute Gasteiger partial charge is 0.462 e. The molecule has 0 spiro atoms. The maximum absolute atomic E-state index is 11.1. The fraction of sp³-hybridized carbons (Fsp3) is 0.667. The Morgan fingerprint density at radius 2 is 1.75 bits per heavy atom. The van der Waals surface area contributed by atoms with Gasteiger partial charge in [-0.15, -0.1) is 0 Å². The van der Waals surface area contributed by atoms with Crippen molar-refractivity contribution < 1.29 is 19.1 Å². The Morgan fingerprint density at radius 1 is 1.12 bits per heavy atom. The van der Waals surface area contributed by atoms with E-state index in [0.717, 1.165) is 0 Å². The Hall–Kier alpha value is -1.79. The third-order valence-electron chi connectivity index (χ3n) is 1.43. The molecule has 7 heteroatoms. The van der Waals surface area contributed by atoms with Gasteiger partial charge in [0.25, 0.3) is 0 Å². The second-order valence-electron chi connectivity index (χ2n) is 3.25. The first-order valence-electron chi connectivity index (χ1n) is 4.87. The van der Waals surface area contributed by atoms with E-state index < -0.39 is 17.9 Å². The highest BCUT2D eigenvalue weighted by molar-refractivity contribution is 5.86. The summed E-state index contributed by atoms with van der Waals surface area (Å²) in [6, 6.07) is -0.458. The number of rotatable bonds is 5. The van der Waals surface area contributed by atoms with Crippen molar-refractivity contribution in [3.05, 3.63) is 0 Å². The molecule has 0 rings (SSSR count). The van der Waals surface area contributed by atoms with Gasteiger partial charge in [0.1, 0.15) is 6.54 Å². The average Bonchev–Trinajstić information content (AvgIpc) is 2.22. The van der Waals surface area contributed by atoms with Crippen molar-refractivity contribution in [2.45, 2.75) is 20.0 Å². The lowest BCUT2D eigenvalue weighted by Crippen LogP contribution is -2.42. The molecule has 0 saturated heterocycles. The fourth-order valence-corrected chi connectivity index (χ4v) is 0.787. The third-order valence-corrected chi connectivity index (χ3v) is 1.43. The van der Waals surface area contributed by atoms with Crippen molar-refractivity contribution in [2.75, 3.05) is 20.1 Å². The molecule has 0 aliphatic carbocycles. The van der Waals surface area contributed by atoms with E-state index in [1.54, 1.807) is 13.8 Å². The monoisotopic (exact) mass is 231 g/mol. The van der Waals surface area contributed by atoms with E-state index in [1.165, 1.54) is 7.05 Å². The smallest absolute Gasteiger partial charge is 0.325 e. The van der Waals surface area contributed by atoms with Crippen LogP contribution in [0.25, 0.3) is 0 Å². The van der Waals surface area contributed by atoms with Gasteiger partial charge in [-0.1, -0.05) is 0 Å². The number of nitrogens with one attached hydrogen (secondary N) is 3. The van der Waals surface area contributed by atoms with Gasteiger partial charge in [0.15, 0.2) is 0 Å². The van der Waals surface area contributed by atoms with Gasteiger partial charge in [-0.2, -0.15) is 0 Å². The van der Waals surface area contributed by atoms with E-state index in [1.807, 2.05) is 0 Å². The molecule has 0 aliphatic rings. The average molecular weight is 231 g/mol. The summed E-state index contributed by atoms with van der Waals surface area (Å²) in [5.41, 5.74) is 0. The van der Waals surface area contributed by atoms with Crippen LogP contribution in [-0.4, -0.2) is 44.1 Å². The summed E-state index contributed by atoms with van der Waals surface area (Å²) in [6.45, 7) is 3.04. The number of ether oxygens (including phenoxy) is 1. The molecule has 3 N–H and O–H groups in total. The highest BCUT2D eigenvalue weighted by Crippen LogP contribution is 1.87. The number of urea groups is 1. The van der Waals surface area contributed by atoms with E-state index in [9.17, 15) is 14.4 Å². The number of carbonyl (C=O) groups excluding carboxylic acids is 3. The van der Waals surface area contributed by atoms with Crippen LogP contribution in [0.4, 0.5) is 4.79 Å². The molecule has 0 aromatic heterocycles. The van der Waals surface area contributed by atoms with Crippen LogP contribution in [0.5, 0.6) is 0 Å². The lowest BCUT2D eigenvalue weighted by Gasteiger charge is -2.09. The molecular weight excluding hydrogens is 214 g/mol. The van der Waals surface area contributed by atoms with Gasteiger partial charge in [0.2, 0.25) is 5.91 Å². The Morgan fingerprint density at radius 3 is 2.25 bits per heavy atom. The standard InChI is InChI=1S/C9H17N3O4/c1-6(2)16-8(14)5-11-7(13)4-12-9(15)10-3/h6H,4-5H2,1-3H3,(H,11,13)(H2,10,12,15). The maximum Gasteiger partial charge on any atom is 0.325 e. The van der Waals surface area contributed by atoms with Crippen LogP contribution in [0.3, 0.4) is 0 Å². The lowest BCUT2D eigenvalue weighted by molar-refractivity contribution is -0.147. The minimum atomic E-state index is -0.511. The Labute approximate surface area is 93.9 Å². The summed E-state index contributed by atoms with van der Waals surface area (Å²) in [5.74, 6) is -0.965. The minimum absolute atomic E-state index is 0.186. The van der Waals surface area contributed by atoms with Crippen molar-refractivity contribution in [3.63, 3.8) is 0 Å². The molecule has 0 saturated carbocycles. The summed E-state index contributed by atoms with van der Waals surface area (Å²) >= 11 is 0. The van der Waals surface area contributed by atoms with E-state index in [4.69, 9.17) is 4.74 Å². The predicted octanol–water partition coefficient (Wildman–Crippen LogP) is -1.02. The summed E-state index contributed by atoms with van der Waals surface area (Å²) in [6.07, 6.45) is -0.214. The number of hydrogen-bond donors (Lipinski definition) is 3. The molecular formula is C9H17N3O4. The first kappa shape index (κ1) is 14.2. The second-order valence-corrected chi connectivity index (χ2v) is 3.25. The van der Waals surface area contributed by atoms with Crippen LogP contribution in [0, 0.1) is 0 Å². The SMILES string of the molecule is CNC(=O)NCC(=O)NCC(=O)OC(C)C. The number of carbonyl (C=O) groups is 3. The topological polar surface area (TPSA) is 96.5 Å². The minimum Gasteiger partial charge on any atom is -0.462 e. The van der Waals surface area contributed by atoms with Crippen molar-refractivity contribution in [1.82, 2.24) is 16.0 Å². The van der Waals surface area contributed by atoms with Crippen LogP contribution in [-0.2, 0) is 14.3 Å². The van der Waals surface area contributed by atoms with Gasteiger partial charge in [0, 0.05) is 7.05 Å². The van der Waals surface area contributed by atoms with E-state index in [2.05, 4.69) is 16.0 Å². The van der Waals surface area contributed by atoms with E-state index >= 15 is 0 Å². The Balaban J connectivity index is 3.65. The van der Waals surface area contributed by atoms with Crippen molar-refractivity contribution in [1.29, 1.82) is 0 Å². The first-order chi connectivity index (χ1) is 7.45. The molecule has 0 heterocycles. The van der Waals surface area contributed by atoms with Gasteiger partial charge >= 0.3 is 12.0 Å². The highest BCUT2D eigenvalue weighted by Gasteiger charge is 2.08. The molecule has 0 aromatic rings. The van der Waals surface area contributed by atoms with E-state index in [0.29, 0.717) is 0 Å². The molecule has 0 aromatic carbocycles. The van der Waals surface area contributed by atoms with Crippen LogP contribution >= 0.6 is 0 Å². The lowest BCUT2D eigenvalue weighted by atomic mass is 10.5. The quantitative estimate of drug-likeness (QED) is 0.528. The van der Waals surface area contributed by atoms with Crippen LogP contribution in [0.2, 0.25) is 0 Å². The molecule has 0 atom stereocenters. The first-order valence-corrected chi connectivity index (χ1v) is 4.87. The van der Waals surface area contributed by atoms with Crippen LogP contribution in [0.15, 0.2) is 0 Å². The normalized spacial score (nSPS) is 9.50. The third kappa shape index (κ3) is 7.60. The molecule has 0 unspecified atom stereocenters. The predicted molar refractivity (Wildman–Crippen MR) is 56.7 cm³/mol. The van der Waals surface area contributed by atoms with Crippen molar-refractivity contribution in [3.8, 4) is 0 Å². The number of hydrogen-bond acceptors (Lipinski definition) is 4. The fourth-order valence-electron chi connectivity index (χ4n) is 0.787. The van der Waals surface area contributed by atoms with Gasteiger partial charge in [-0.3, -0.25) is 9.59 Å². The molecule has 3 amide bonds. The zero-order chi connectivity index (χ0) is 12.6. The zero-order valence-electron chi connectivity index (χ0n) is 9.62. The molecule has 92 valence electrons. The van der Waals surface area contributed by atoms with Crippen molar-refractivity contribution in [2.24, 2.45) is 0 Å². The molecule has 0 radical (unpaired) electrons. The number of esters is 1. The Kier molecular flexibility index (Phi) is 6.66. The summed E-state index contributed by atoms with van der Waals surface area (Å²) in [5, 5.41) is 6.88. The van der Waals surface area contributed by atoms with Gasteiger partial charge in [0.05, 0.1) is 12.6 Å². The molecule has 7 nitrogen and oxygen atoms in total. The zero-order valence-corrected chi connectivity index (χ0v) is 9.62. The summed E-state index contributed by atoms with van der Waals surface area (Å²) < 4.78 is 4.79. The van der Waals surface area contributed by atoms with Crippen molar-refractivity contribution >= 4 is 17.9 Å². The van der Waals surface area contributed by atoms with Crippen LogP contribution < -0.4 is 16.0 Å². The van der Waals surface area contributed by atoms with Crippen LogP contribution in [0.1, 0.15) is 13.8 Å². The molecule has 16 heavy (non-hydrogen) atoms. The molecule has 0 aliphatic heterocycles. The van der Waals surface area contributed by atoms with Gasteiger partial charge in [-0.05, 0) is 13.8 Å². The summed E-state index contributed by atoms with van der Waals surface area (Å²) in [7, 11) is 1.44. The van der Waals surface area contributed by atoms with Gasteiger partial charge < -0.3 is 20.7 Å². The van der Waals surface area contributed by atoms with Gasteiger partial charge in [-0.25, -0.2) is 4.79 Å². The second kappa shape index (κ2) is 7.49. The molecule has 0 fully saturated rings. The summed E-state index contributed by atoms with van der Waals surface area (Å²) in [4.78, 5) is 32.8. The maximum atomic E-state index is 11.1. The molecule has 0 bridgehead atoms. The van der Waals surface area contributed by atoms with E-state index in [-0.39, 0.29) is 19.2 Å². The number of amides is 3. The Bertz CT molecular complexity index is 265. The highest BCUT2D eigenvalue weighted by atomic mass is 16.5.